The molecule has 1 aromatic carbocycles. The van der Waals surface area contributed by atoms with Gasteiger partial charge in [-0.2, -0.15) is 0 Å². The van der Waals surface area contributed by atoms with Crippen LogP contribution < -0.4 is 0 Å². The topological polar surface area (TPSA) is 20.2 Å². The molecule has 2 rings (SSSR count). The average molecular weight is 253 g/mol. The zero-order valence-corrected chi connectivity index (χ0v) is 10.8. The SMILES string of the molecule is Cc1sccc1C(O)c1cccc(Cl)c1C. The van der Waals surface area contributed by atoms with Crippen LogP contribution in [0.25, 0.3) is 0 Å². The highest BCUT2D eigenvalue weighted by Crippen LogP contribution is 2.31. The predicted molar refractivity (Wildman–Crippen MR) is 69.3 cm³/mol. The molecule has 1 heterocycles. The van der Waals surface area contributed by atoms with E-state index in [0.717, 1.165) is 21.6 Å². The minimum atomic E-state index is -0.579. The van der Waals surface area contributed by atoms with E-state index >= 15 is 0 Å². The summed E-state index contributed by atoms with van der Waals surface area (Å²) in [6.07, 6.45) is -0.579. The van der Waals surface area contributed by atoms with Crippen molar-refractivity contribution >= 4 is 22.9 Å². The number of halogens is 1. The highest BCUT2D eigenvalue weighted by Gasteiger charge is 2.16. The van der Waals surface area contributed by atoms with Crippen molar-refractivity contribution in [2.45, 2.75) is 20.0 Å². The minimum absolute atomic E-state index is 0.579. The van der Waals surface area contributed by atoms with E-state index in [0.29, 0.717) is 5.02 Å². The molecule has 1 unspecified atom stereocenters. The Kier molecular flexibility index (Phi) is 3.33. The normalized spacial score (nSPS) is 12.8. The summed E-state index contributed by atoms with van der Waals surface area (Å²) in [4.78, 5) is 1.15. The fourth-order valence-corrected chi connectivity index (χ4v) is 2.68. The van der Waals surface area contributed by atoms with Crippen molar-refractivity contribution in [2.75, 3.05) is 0 Å². The van der Waals surface area contributed by atoms with E-state index in [4.69, 9.17) is 11.6 Å². The Morgan fingerprint density at radius 2 is 1.94 bits per heavy atom. The molecule has 16 heavy (non-hydrogen) atoms. The maximum Gasteiger partial charge on any atom is 0.105 e. The molecule has 0 amide bonds. The Labute approximate surface area is 104 Å². The maximum atomic E-state index is 10.3. The molecule has 3 heteroatoms. The lowest BCUT2D eigenvalue weighted by molar-refractivity contribution is 0.219. The number of aliphatic hydroxyl groups is 1. The molecule has 1 atom stereocenters. The molecule has 0 aliphatic heterocycles. The maximum absolute atomic E-state index is 10.3. The van der Waals surface area contributed by atoms with Gasteiger partial charge in [-0.05, 0) is 48.1 Å². The summed E-state index contributed by atoms with van der Waals surface area (Å²) in [6, 6.07) is 7.59. The van der Waals surface area contributed by atoms with Crippen LogP contribution in [0, 0.1) is 13.8 Å². The molecular weight excluding hydrogens is 240 g/mol. The molecule has 0 saturated heterocycles. The zero-order valence-electron chi connectivity index (χ0n) is 9.20. The van der Waals surface area contributed by atoms with Gasteiger partial charge in [0.15, 0.2) is 0 Å². The second kappa shape index (κ2) is 4.58. The number of aryl methyl sites for hydroxylation is 1. The summed E-state index contributed by atoms with van der Waals surface area (Å²) in [5, 5.41) is 13.0. The van der Waals surface area contributed by atoms with Gasteiger partial charge in [0.1, 0.15) is 6.10 Å². The number of hydrogen-bond donors (Lipinski definition) is 1. The summed E-state index contributed by atoms with van der Waals surface area (Å²) in [6.45, 7) is 3.95. The Bertz CT molecular complexity index is 504. The molecule has 0 spiro atoms. The molecule has 1 nitrogen and oxygen atoms in total. The highest BCUT2D eigenvalue weighted by molar-refractivity contribution is 7.10. The molecule has 1 aromatic heterocycles. The third kappa shape index (κ3) is 2.01. The van der Waals surface area contributed by atoms with Crippen molar-refractivity contribution in [3.63, 3.8) is 0 Å². The van der Waals surface area contributed by atoms with Crippen molar-refractivity contribution in [2.24, 2.45) is 0 Å². The fourth-order valence-electron chi connectivity index (χ4n) is 1.77. The number of thiophene rings is 1. The van der Waals surface area contributed by atoms with E-state index < -0.39 is 6.10 Å². The van der Waals surface area contributed by atoms with Crippen molar-refractivity contribution in [3.8, 4) is 0 Å². The van der Waals surface area contributed by atoms with Crippen molar-refractivity contribution in [1.29, 1.82) is 0 Å². The van der Waals surface area contributed by atoms with Crippen molar-refractivity contribution in [1.82, 2.24) is 0 Å². The van der Waals surface area contributed by atoms with Crippen molar-refractivity contribution < 1.29 is 5.11 Å². The van der Waals surface area contributed by atoms with Gasteiger partial charge in [-0.25, -0.2) is 0 Å². The van der Waals surface area contributed by atoms with E-state index in [1.807, 2.05) is 43.5 Å². The van der Waals surface area contributed by atoms with Gasteiger partial charge < -0.3 is 5.11 Å². The van der Waals surface area contributed by atoms with Crippen molar-refractivity contribution in [3.05, 3.63) is 56.2 Å². The van der Waals surface area contributed by atoms with Gasteiger partial charge in [-0.3, -0.25) is 0 Å². The fraction of sp³-hybridized carbons (Fsp3) is 0.231. The first-order valence-corrected chi connectivity index (χ1v) is 6.34. The molecule has 0 aliphatic carbocycles. The second-order valence-electron chi connectivity index (χ2n) is 3.79. The summed E-state index contributed by atoms with van der Waals surface area (Å²) >= 11 is 7.70. The van der Waals surface area contributed by atoms with E-state index in [1.54, 1.807) is 11.3 Å². The van der Waals surface area contributed by atoms with Crippen LogP contribution in [0.1, 0.15) is 27.7 Å². The highest BCUT2D eigenvalue weighted by atomic mass is 35.5. The Morgan fingerprint density at radius 3 is 2.56 bits per heavy atom. The summed E-state index contributed by atoms with van der Waals surface area (Å²) in [5.41, 5.74) is 2.80. The van der Waals surface area contributed by atoms with Gasteiger partial charge in [0.2, 0.25) is 0 Å². The Hall–Kier alpha value is -0.830. The van der Waals surface area contributed by atoms with Crippen LogP contribution in [0.4, 0.5) is 0 Å². The van der Waals surface area contributed by atoms with Crippen LogP contribution in [0.3, 0.4) is 0 Å². The molecule has 84 valence electrons. The first kappa shape index (κ1) is 11.6. The van der Waals surface area contributed by atoms with E-state index in [2.05, 4.69) is 0 Å². The quantitative estimate of drug-likeness (QED) is 0.853. The lowest BCUT2D eigenvalue weighted by Gasteiger charge is -2.14. The number of hydrogen-bond acceptors (Lipinski definition) is 2. The van der Waals surface area contributed by atoms with Crippen LogP contribution >= 0.6 is 22.9 Å². The predicted octanol–water partition coefficient (Wildman–Crippen LogP) is 4.10. The monoisotopic (exact) mass is 252 g/mol. The van der Waals surface area contributed by atoms with Crippen LogP contribution in [0.2, 0.25) is 5.02 Å². The molecule has 0 fully saturated rings. The number of benzene rings is 1. The minimum Gasteiger partial charge on any atom is -0.384 e. The Morgan fingerprint density at radius 1 is 1.19 bits per heavy atom. The average Bonchev–Trinajstić information content (AvgIpc) is 2.68. The molecular formula is C13H13ClOS. The molecule has 0 aliphatic rings. The molecule has 2 aromatic rings. The van der Waals surface area contributed by atoms with Gasteiger partial charge in [-0.15, -0.1) is 11.3 Å². The van der Waals surface area contributed by atoms with E-state index in [9.17, 15) is 5.11 Å². The second-order valence-corrected chi connectivity index (χ2v) is 5.32. The Balaban J connectivity index is 2.46. The summed E-state index contributed by atoms with van der Waals surface area (Å²) in [5.74, 6) is 0. The third-order valence-corrected chi connectivity index (χ3v) is 4.07. The third-order valence-electron chi connectivity index (χ3n) is 2.80. The first-order valence-electron chi connectivity index (χ1n) is 5.08. The largest absolute Gasteiger partial charge is 0.384 e. The molecule has 0 radical (unpaired) electrons. The van der Waals surface area contributed by atoms with Crippen LogP contribution in [-0.4, -0.2) is 5.11 Å². The van der Waals surface area contributed by atoms with E-state index in [-0.39, 0.29) is 0 Å². The summed E-state index contributed by atoms with van der Waals surface area (Å²) < 4.78 is 0. The first-order chi connectivity index (χ1) is 7.61. The van der Waals surface area contributed by atoms with Gasteiger partial charge in [0, 0.05) is 9.90 Å². The number of rotatable bonds is 2. The van der Waals surface area contributed by atoms with Gasteiger partial charge in [0.05, 0.1) is 0 Å². The van der Waals surface area contributed by atoms with Gasteiger partial charge >= 0.3 is 0 Å². The molecule has 0 saturated carbocycles. The smallest absolute Gasteiger partial charge is 0.105 e. The summed E-state index contributed by atoms with van der Waals surface area (Å²) in [7, 11) is 0. The zero-order chi connectivity index (χ0) is 11.7. The number of aliphatic hydroxyl groups excluding tert-OH is 1. The van der Waals surface area contributed by atoms with Gasteiger partial charge in [0.25, 0.3) is 0 Å². The van der Waals surface area contributed by atoms with Crippen LogP contribution in [-0.2, 0) is 0 Å². The molecule has 0 bridgehead atoms. The lowest BCUT2D eigenvalue weighted by Crippen LogP contribution is -2.02. The van der Waals surface area contributed by atoms with Crippen LogP contribution in [0.5, 0.6) is 0 Å². The van der Waals surface area contributed by atoms with Crippen LogP contribution in [0.15, 0.2) is 29.6 Å². The lowest BCUT2D eigenvalue weighted by atomic mass is 9.98. The van der Waals surface area contributed by atoms with E-state index in [1.165, 1.54) is 0 Å². The van der Waals surface area contributed by atoms with Gasteiger partial charge in [-0.1, -0.05) is 23.7 Å². The molecule has 1 N–H and O–H groups in total. The standard InChI is InChI=1S/C13H13ClOS/c1-8-10(4-3-5-12(8)14)13(15)11-6-7-16-9(11)2/h3-7,13,15H,1-2H3.